The summed E-state index contributed by atoms with van der Waals surface area (Å²) in [6.45, 7) is 1.35. The monoisotopic (exact) mass is 469 g/mol. The molecule has 0 spiro atoms. The number of amides is 2. The Labute approximate surface area is 202 Å². The van der Waals surface area contributed by atoms with Crippen molar-refractivity contribution in [3.05, 3.63) is 30.6 Å². The van der Waals surface area contributed by atoms with E-state index < -0.39 is 0 Å². The second-order valence-electron chi connectivity index (χ2n) is 9.81. The highest BCUT2D eigenvalue weighted by molar-refractivity contribution is 5.91. The number of aliphatic hydroxyl groups is 1. The smallest absolute Gasteiger partial charge is 0.321 e. The van der Waals surface area contributed by atoms with Gasteiger partial charge in [-0.25, -0.2) is 4.79 Å². The van der Waals surface area contributed by atoms with Crippen LogP contribution in [-0.4, -0.2) is 58.1 Å². The standard InChI is InChI=1S/C26H39N5O3/c27-22-8-10-23(11-9-22)34-25-15-20(21-16-28-29-17-21)7-12-24(25)30-26(33)31(13-4-14-32)18-19-5-2-1-3-6-19/h7,12,15-17,19,22-23,32H,1-6,8-11,13-14,18,27H2,(H,28,29)(H,30,33). The first-order valence-corrected chi connectivity index (χ1v) is 12.8. The minimum Gasteiger partial charge on any atom is -0.488 e. The molecular weight excluding hydrogens is 430 g/mol. The number of rotatable bonds is 9. The van der Waals surface area contributed by atoms with Gasteiger partial charge >= 0.3 is 6.03 Å². The van der Waals surface area contributed by atoms with Crippen LogP contribution in [0.1, 0.15) is 64.2 Å². The largest absolute Gasteiger partial charge is 0.488 e. The average molecular weight is 470 g/mol. The first kappa shape index (κ1) is 24.5. The van der Waals surface area contributed by atoms with Crippen molar-refractivity contribution >= 4 is 11.7 Å². The van der Waals surface area contributed by atoms with E-state index in [0.29, 0.717) is 30.3 Å². The van der Waals surface area contributed by atoms with Crippen LogP contribution in [0.25, 0.3) is 11.1 Å². The van der Waals surface area contributed by atoms with Gasteiger partial charge in [0.25, 0.3) is 0 Å². The van der Waals surface area contributed by atoms with E-state index in [1.807, 2.05) is 29.3 Å². The van der Waals surface area contributed by atoms with Crippen molar-refractivity contribution in [3.63, 3.8) is 0 Å². The minimum absolute atomic E-state index is 0.0754. The SMILES string of the molecule is NC1CCC(Oc2cc(-c3cn[nH]c3)ccc2NC(=O)N(CCCO)CC2CCCCC2)CC1. The first-order valence-electron chi connectivity index (χ1n) is 12.8. The molecule has 1 aromatic heterocycles. The topological polar surface area (TPSA) is 116 Å². The van der Waals surface area contributed by atoms with Gasteiger partial charge in [-0.15, -0.1) is 0 Å². The van der Waals surface area contributed by atoms with E-state index in [4.69, 9.17) is 10.5 Å². The van der Waals surface area contributed by atoms with Crippen molar-refractivity contribution in [1.82, 2.24) is 15.1 Å². The van der Waals surface area contributed by atoms with Crippen LogP contribution >= 0.6 is 0 Å². The van der Waals surface area contributed by atoms with Crippen molar-refractivity contribution in [2.75, 3.05) is 25.0 Å². The maximum Gasteiger partial charge on any atom is 0.321 e. The Balaban J connectivity index is 1.51. The van der Waals surface area contributed by atoms with Gasteiger partial charge in [-0.1, -0.05) is 25.3 Å². The lowest BCUT2D eigenvalue weighted by Crippen LogP contribution is -2.40. The van der Waals surface area contributed by atoms with Gasteiger partial charge < -0.3 is 25.8 Å². The number of anilines is 1. The maximum atomic E-state index is 13.3. The lowest BCUT2D eigenvalue weighted by atomic mass is 9.89. The molecule has 4 rings (SSSR count). The fourth-order valence-electron chi connectivity index (χ4n) is 5.11. The molecule has 8 heteroatoms. The maximum absolute atomic E-state index is 13.3. The number of nitrogens with two attached hydrogens (primary N) is 1. The molecule has 2 amide bonds. The van der Waals surface area contributed by atoms with Crippen LogP contribution in [0.2, 0.25) is 0 Å². The zero-order valence-electron chi connectivity index (χ0n) is 20.0. The fourth-order valence-corrected chi connectivity index (χ4v) is 5.11. The summed E-state index contributed by atoms with van der Waals surface area (Å²) < 4.78 is 6.43. The zero-order valence-corrected chi connectivity index (χ0v) is 20.0. The predicted octanol–water partition coefficient (Wildman–Crippen LogP) is 4.52. The summed E-state index contributed by atoms with van der Waals surface area (Å²) in [5.74, 6) is 1.20. The number of aromatic amines is 1. The third kappa shape index (κ3) is 6.73. The van der Waals surface area contributed by atoms with Crippen LogP contribution in [0.15, 0.2) is 30.6 Å². The summed E-state index contributed by atoms with van der Waals surface area (Å²) in [6.07, 6.45) is 14.1. The Morgan fingerprint density at radius 2 is 1.94 bits per heavy atom. The number of hydrogen-bond acceptors (Lipinski definition) is 5. The number of urea groups is 1. The molecule has 0 saturated heterocycles. The number of hydrogen-bond donors (Lipinski definition) is 4. The number of aromatic nitrogens is 2. The number of carbonyl (C=O) groups is 1. The van der Waals surface area contributed by atoms with Crippen molar-refractivity contribution < 1.29 is 14.6 Å². The second-order valence-corrected chi connectivity index (χ2v) is 9.81. The van der Waals surface area contributed by atoms with Gasteiger partial charge in [0.1, 0.15) is 5.75 Å². The summed E-state index contributed by atoms with van der Waals surface area (Å²) >= 11 is 0. The van der Waals surface area contributed by atoms with Crippen LogP contribution in [0.3, 0.4) is 0 Å². The van der Waals surface area contributed by atoms with Crippen LogP contribution < -0.4 is 15.8 Å². The average Bonchev–Trinajstić information content (AvgIpc) is 3.40. The molecule has 0 radical (unpaired) electrons. The lowest BCUT2D eigenvalue weighted by Gasteiger charge is -2.31. The van der Waals surface area contributed by atoms with Gasteiger partial charge in [0.05, 0.1) is 18.0 Å². The molecule has 1 aromatic carbocycles. The number of benzene rings is 1. The molecule has 0 atom stereocenters. The number of H-pyrrole nitrogens is 1. The Morgan fingerprint density at radius 1 is 1.15 bits per heavy atom. The second kappa shape index (κ2) is 12.2. The molecular formula is C26H39N5O3. The summed E-state index contributed by atoms with van der Waals surface area (Å²) in [4.78, 5) is 15.2. The van der Waals surface area contributed by atoms with Crippen LogP contribution in [0.5, 0.6) is 5.75 Å². The molecule has 34 heavy (non-hydrogen) atoms. The van der Waals surface area contributed by atoms with Crippen molar-refractivity contribution in [2.24, 2.45) is 11.7 Å². The summed E-state index contributed by atoms with van der Waals surface area (Å²) in [6, 6.07) is 5.98. The van der Waals surface area contributed by atoms with E-state index in [1.165, 1.54) is 32.1 Å². The molecule has 2 aromatic rings. The number of ether oxygens (including phenoxy) is 1. The van der Waals surface area contributed by atoms with Gasteiger partial charge in [0.15, 0.2) is 0 Å². The molecule has 1 heterocycles. The van der Waals surface area contributed by atoms with Gasteiger partial charge in [0.2, 0.25) is 0 Å². The van der Waals surface area contributed by atoms with Crippen molar-refractivity contribution in [1.29, 1.82) is 0 Å². The summed E-state index contributed by atoms with van der Waals surface area (Å²) in [5, 5.41) is 19.4. The number of aliphatic hydroxyl groups excluding tert-OH is 1. The van der Waals surface area contributed by atoms with Crippen LogP contribution in [0, 0.1) is 5.92 Å². The van der Waals surface area contributed by atoms with E-state index in [-0.39, 0.29) is 24.8 Å². The van der Waals surface area contributed by atoms with Gasteiger partial charge in [-0.2, -0.15) is 5.10 Å². The normalized spacial score (nSPS) is 21.2. The zero-order chi connectivity index (χ0) is 23.8. The Bertz CT molecular complexity index is 890. The van der Waals surface area contributed by atoms with Gasteiger partial charge in [-0.05, 0) is 68.6 Å². The van der Waals surface area contributed by atoms with Gasteiger partial charge in [0, 0.05) is 37.5 Å². The summed E-state index contributed by atoms with van der Waals surface area (Å²) in [5.41, 5.74) is 8.70. The number of nitrogens with zero attached hydrogens (tertiary/aromatic N) is 2. The molecule has 0 unspecified atom stereocenters. The molecule has 186 valence electrons. The highest BCUT2D eigenvalue weighted by Crippen LogP contribution is 2.34. The van der Waals surface area contributed by atoms with E-state index >= 15 is 0 Å². The molecule has 2 saturated carbocycles. The van der Waals surface area contributed by atoms with Crippen molar-refractivity contribution in [2.45, 2.75) is 76.4 Å². The number of nitrogens with one attached hydrogen (secondary N) is 2. The first-order chi connectivity index (χ1) is 16.6. The van der Waals surface area contributed by atoms with Crippen molar-refractivity contribution in [3.8, 4) is 16.9 Å². The Kier molecular flexibility index (Phi) is 8.82. The Morgan fingerprint density at radius 3 is 2.65 bits per heavy atom. The highest BCUT2D eigenvalue weighted by atomic mass is 16.5. The highest BCUT2D eigenvalue weighted by Gasteiger charge is 2.24. The lowest BCUT2D eigenvalue weighted by molar-refractivity contribution is 0.148. The fraction of sp³-hybridized carbons (Fsp3) is 0.615. The molecule has 2 aliphatic rings. The van der Waals surface area contributed by atoms with Crippen LogP contribution in [0.4, 0.5) is 10.5 Å². The van der Waals surface area contributed by atoms with E-state index in [1.54, 1.807) is 6.20 Å². The molecule has 2 fully saturated rings. The molecule has 2 aliphatic carbocycles. The van der Waals surface area contributed by atoms with E-state index in [9.17, 15) is 9.90 Å². The Hall–Kier alpha value is -2.58. The van der Waals surface area contributed by atoms with E-state index in [2.05, 4.69) is 15.5 Å². The molecule has 8 nitrogen and oxygen atoms in total. The number of carbonyl (C=O) groups excluding carboxylic acids is 1. The molecule has 5 N–H and O–H groups in total. The quantitative estimate of drug-likeness (QED) is 0.431. The third-order valence-corrected chi connectivity index (χ3v) is 7.14. The molecule has 0 bridgehead atoms. The molecule has 0 aliphatic heterocycles. The minimum atomic E-state index is -0.134. The predicted molar refractivity (Wildman–Crippen MR) is 134 cm³/mol. The summed E-state index contributed by atoms with van der Waals surface area (Å²) in [7, 11) is 0. The van der Waals surface area contributed by atoms with Gasteiger partial charge in [-0.3, -0.25) is 5.10 Å². The van der Waals surface area contributed by atoms with E-state index in [0.717, 1.165) is 43.4 Å². The third-order valence-electron chi connectivity index (χ3n) is 7.14. The van der Waals surface area contributed by atoms with Crippen LogP contribution in [-0.2, 0) is 0 Å².